The maximum atomic E-state index is 11.4. The molecule has 0 rings (SSSR count). The van der Waals surface area contributed by atoms with E-state index in [0.29, 0.717) is 13.1 Å². The van der Waals surface area contributed by atoms with Crippen molar-refractivity contribution in [3.05, 3.63) is 0 Å². The zero-order chi connectivity index (χ0) is 12.8. The monoisotopic (exact) mass is 272 g/mol. The smallest absolute Gasteiger partial charge is 0.367 e. The number of nitrogens with two attached hydrogens (primary N) is 1. The van der Waals surface area contributed by atoms with Crippen molar-refractivity contribution >= 4 is 16.2 Å². The van der Waals surface area contributed by atoms with Crippen molar-refractivity contribution in [3.63, 3.8) is 0 Å². The molecule has 0 aliphatic rings. The van der Waals surface area contributed by atoms with Crippen LogP contribution in [0, 0.1) is 0 Å². The molecule has 0 aromatic carbocycles. The highest BCUT2D eigenvalue weighted by atomic mass is 32.2. The summed E-state index contributed by atoms with van der Waals surface area (Å²) in [5, 5.41) is 13.5. The van der Waals surface area contributed by atoms with Crippen LogP contribution in [0.2, 0.25) is 0 Å². The summed E-state index contributed by atoms with van der Waals surface area (Å²) in [5.41, 5.74) is 0. The zero-order valence-corrected chi connectivity index (χ0v) is 10.8. The minimum absolute atomic E-state index is 0. The quantitative estimate of drug-likeness (QED) is 0.428. The van der Waals surface area contributed by atoms with Gasteiger partial charge in [0.2, 0.25) is 0 Å². The molecule has 0 aromatic heterocycles. The number of hydrogen-bond acceptors (Lipinski definition) is 5. The topological polar surface area (TPSA) is 137 Å². The van der Waals surface area contributed by atoms with Crippen molar-refractivity contribution in [3.8, 4) is 0 Å². The van der Waals surface area contributed by atoms with Gasteiger partial charge in [-0.05, 0) is 13.8 Å². The third-order valence-electron chi connectivity index (χ3n) is 2.56. The standard InChI is InChI=1S/C8H18N2O5S.H2O/c1-3-10(4-2,16(9,13)14)5-6-15-7-8(11)12;/h3-7H2,1-2H3,(H2-,9,11,12,13,14);1H2. The normalized spacial score (nSPS) is 11.9. The molecule has 0 fully saturated rings. The number of carbonyl (C=O) groups is 1. The van der Waals surface area contributed by atoms with Crippen LogP contribution in [0.5, 0.6) is 0 Å². The van der Waals surface area contributed by atoms with E-state index in [9.17, 15) is 13.2 Å². The molecule has 0 atom stereocenters. The van der Waals surface area contributed by atoms with E-state index in [1.54, 1.807) is 13.8 Å². The maximum absolute atomic E-state index is 11.4. The van der Waals surface area contributed by atoms with Crippen LogP contribution in [0.15, 0.2) is 0 Å². The lowest BCUT2D eigenvalue weighted by molar-refractivity contribution is -0.803. The highest BCUT2D eigenvalue weighted by molar-refractivity contribution is 7.83. The molecule has 9 heteroatoms. The van der Waals surface area contributed by atoms with E-state index in [4.69, 9.17) is 15.0 Å². The molecule has 0 amide bonds. The highest BCUT2D eigenvalue weighted by Crippen LogP contribution is 2.10. The van der Waals surface area contributed by atoms with Gasteiger partial charge in [-0.25, -0.2) is 8.68 Å². The van der Waals surface area contributed by atoms with Gasteiger partial charge in [-0.3, -0.25) is 0 Å². The molecular formula is C8H20N2O6S. The highest BCUT2D eigenvalue weighted by Gasteiger charge is 2.35. The number of carboxylic acid groups (broad SMARTS) is 1. The van der Waals surface area contributed by atoms with Gasteiger partial charge in [0, 0.05) is 0 Å². The van der Waals surface area contributed by atoms with Crippen molar-refractivity contribution in [1.82, 2.24) is 0 Å². The molecule has 17 heavy (non-hydrogen) atoms. The Morgan fingerprint density at radius 2 is 1.82 bits per heavy atom. The summed E-state index contributed by atoms with van der Waals surface area (Å²) in [6.07, 6.45) is 0. The van der Waals surface area contributed by atoms with Gasteiger partial charge in [0.15, 0.2) is 0 Å². The van der Waals surface area contributed by atoms with Crippen LogP contribution < -0.4 is 5.14 Å². The van der Waals surface area contributed by atoms with E-state index in [2.05, 4.69) is 0 Å². The SMILES string of the molecule is CC[N+](CC)(CCOCC(=O)O)S(N)(=O)=O.[OH-]. The number of rotatable bonds is 8. The van der Waals surface area contributed by atoms with Crippen LogP contribution in [0.4, 0.5) is 0 Å². The molecule has 104 valence electrons. The molecule has 0 saturated carbocycles. The summed E-state index contributed by atoms with van der Waals surface area (Å²) in [6.45, 7) is 3.84. The third-order valence-corrected chi connectivity index (χ3v) is 4.34. The summed E-state index contributed by atoms with van der Waals surface area (Å²) < 4.78 is 27.4. The van der Waals surface area contributed by atoms with E-state index in [0.717, 1.165) is 0 Å². The first kappa shape index (κ1) is 18.6. The average molecular weight is 272 g/mol. The predicted octanol–water partition coefficient (Wildman–Crippen LogP) is -1.03. The predicted molar refractivity (Wildman–Crippen MR) is 59.7 cm³/mol. The number of nitrogens with zero attached hydrogens (tertiary/aromatic N) is 1. The van der Waals surface area contributed by atoms with Gasteiger partial charge in [0.25, 0.3) is 0 Å². The number of likely N-dealkylation sites (N-methyl/N-ethyl adjacent to an activating group) is 1. The van der Waals surface area contributed by atoms with Gasteiger partial charge in [0.1, 0.15) is 13.2 Å². The summed E-state index contributed by atoms with van der Waals surface area (Å²) in [4.78, 5) is 10.2. The molecule has 0 heterocycles. The zero-order valence-electron chi connectivity index (χ0n) is 10.00. The first-order valence-corrected chi connectivity index (χ1v) is 6.48. The van der Waals surface area contributed by atoms with Crippen LogP contribution in [0.25, 0.3) is 0 Å². The minimum atomic E-state index is -3.72. The van der Waals surface area contributed by atoms with Crippen molar-refractivity contribution in [2.45, 2.75) is 13.8 Å². The fourth-order valence-corrected chi connectivity index (χ4v) is 2.47. The van der Waals surface area contributed by atoms with Gasteiger partial charge in [-0.2, -0.15) is 13.6 Å². The van der Waals surface area contributed by atoms with Crippen LogP contribution in [0.3, 0.4) is 0 Å². The molecular weight excluding hydrogens is 252 g/mol. The number of hydrogen-bond donors (Lipinski definition) is 2. The second-order valence-corrected chi connectivity index (χ2v) is 5.18. The Morgan fingerprint density at radius 3 is 2.12 bits per heavy atom. The van der Waals surface area contributed by atoms with E-state index < -0.39 is 22.8 Å². The second-order valence-electron chi connectivity index (χ2n) is 3.38. The molecule has 0 bridgehead atoms. The van der Waals surface area contributed by atoms with E-state index in [1.807, 2.05) is 0 Å². The number of quaternary nitrogens is 1. The van der Waals surface area contributed by atoms with Gasteiger partial charge >= 0.3 is 16.2 Å². The second kappa shape index (κ2) is 7.56. The van der Waals surface area contributed by atoms with Gasteiger partial charge in [-0.15, -0.1) is 0 Å². The summed E-state index contributed by atoms with van der Waals surface area (Å²) in [5.74, 6) is -1.08. The minimum Gasteiger partial charge on any atom is -0.870 e. The lowest BCUT2D eigenvalue weighted by Gasteiger charge is -2.32. The van der Waals surface area contributed by atoms with E-state index >= 15 is 0 Å². The van der Waals surface area contributed by atoms with Crippen LogP contribution in [0.1, 0.15) is 13.8 Å². The molecule has 0 unspecified atom stereocenters. The largest absolute Gasteiger partial charge is 0.870 e. The van der Waals surface area contributed by atoms with E-state index in [1.165, 1.54) is 0 Å². The third kappa shape index (κ3) is 5.41. The fraction of sp³-hybridized carbons (Fsp3) is 0.875. The Morgan fingerprint density at radius 1 is 1.35 bits per heavy atom. The molecule has 0 radical (unpaired) electrons. The molecule has 4 N–H and O–H groups in total. The van der Waals surface area contributed by atoms with Crippen molar-refractivity contribution in [2.75, 3.05) is 32.8 Å². The molecule has 8 nitrogen and oxygen atoms in total. The lowest BCUT2D eigenvalue weighted by Crippen LogP contribution is -2.57. The molecule has 0 aliphatic carbocycles. The average Bonchev–Trinajstić information content (AvgIpc) is 2.16. The summed E-state index contributed by atoms with van der Waals surface area (Å²) in [6, 6.07) is 0. The number of ether oxygens (including phenoxy) is 1. The molecule has 0 aliphatic heterocycles. The van der Waals surface area contributed by atoms with Gasteiger partial charge in [0.05, 0.1) is 19.7 Å². The van der Waals surface area contributed by atoms with Crippen molar-refractivity contribution in [2.24, 2.45) is 5.14 Å². The Labute approximate surface area is 101 Å². The molecule has 0 aromatic rings. The number of carboxylic acids is 1. The summed E-state index contributed by atoms with van der Waals surface area (Å²) >= 11 is 0. The lowest BCUT2D eigenvalue weighted by atomic mass is 10.5. The van der Waals surface area contributed by atoms with Crippen molar-refractivity contribution in [1.29, 1.82) is 0 Å². The maximum Gasteiger partial charge on any atom is 0.367 e. The van der Waals surface area contributed by atoms with Gasteiger partial charge < -0.3 is 15.3 Å². The first-order valence-electron chi connectivity index (χ1n) is 4.97. The van der Waals surface area contributed by atoms with E-state index in [-0.39, 0.29) is 22.5 Å². The Balaban J connectivity index is 0. The molecule has 0 saturated heterocycles. The Kier molecular flexibility index (Phi) is 8.28. The summed E-state index contributed by atoms with van der Waals surface area (Å²) in [7, 11) is -3.72. The first-order chi connectivity index (χ1) is 7.29. The van der Waals surface area contributed by atoms with Crippen LogP contribution in [-0.2, 0) is 19.7 Å². The fourth-order valence-electron chi connectivity index (χ4n) is 1.42. The van der Waals surface area contributed by atoms with Crippen molar-refractivity contribution < 1.29 is 32.4 Å². The van der Waals surface area contributed by atoms with Crippen LogP contribution in [-0.4, -0.2) is 61.7 Å². The Hall–Kier alpha value is -0.740. The number of aliphatic carboxylic acids is 1. The Bertz CT molecular complexity index is 325. The van der Waals surface area contributed by atoms with Gasteiger partial charge in [-0.1, -0.05) is 0 Å². The molecule has 0 spiro atoms. The van der Waals surface area contributed by atoms with Crippen LogP contribution >= 0.6 is 0 Å².